The van der Waals surface area contributed by atoms with Crippen LogP contribution in [0.25, 0.3) is 0 Å². The summed E-state index contributed by atoms with van der Waals surface area (Å²) in [7, 11) is -2.41. The highest BCUT2D eigenvalue weighted by atomic mass is 28.4. The van der Waals surface area contributed by atoms with E-state index in [0.717, 1.165) is 12.1 Å². The summed E-state index contributed by atoms with van der Waals surface area (Å²) in [6.07, 6.45) is -5.12. The fourth-order valence-electron chi connectivity index (χ4n) is 2.89. The van der Waals surface area contributed by atoms with Gasteiger partial charge in [0.15, 0.2) is 8.32 Å². The summed E-state index contributed by atoms with van der Waals surface area (Å²) >= 11 is 0. The molecule has 0 saturated heterocycles. The monoisotopic (exact) mass is 500 g/mol. The molecule has 0 bridgehead atoms. The summed E-state index contributed by atoms with van der Waals surface area (Å²) in [6, 6.07) is 6.41. The second-order valence-electron chi connectivity index (χ2n) is 11.0. The number of rotatable bonds is 7. The Balaban J connectivity index is 2.45. The van der Waals surface area contributed by atoms with Crippen LogP contribution in [0.1, 0.15) is 76.2 Å². The number of furan rings is 1. The zero-order valence-corrected chi connectivity index (χ0v) is 22.0. The van der Waals surface area contributed by atoms with E-state index in [9.17, 15) is 23.1 Å². The Hall–Kier alpha value is -2.10. The smallest absolute Gasteiger partial charge is 0.416 e. The van der Waals surface area contributed by atoms with Crippen LogP contribution < -0.4 is 0 Å². The number of carbonyl (C=O) groups excluding carboxylic acids is 1. The molecule has 190 valence electrons. The van der Waals surface area contributed by atoms with Crippen LogP contribution in [0.2, 0.25) is 18.1 Å². The molecule has 0 radical (unpaired) electrons. The molecular weight excluding hydrogens is 465 g/mol. The summed E-state index contributed by atoms with van der Waals surface area (Å²) in [4.78, 5) is 12.1. The summed E-state index contributed by atoms with van der Waals surface area (Å²) in [6.45, 7) is 15.0. The minimum atomic E-state index is -4.46. The van der Waals surface area contributed by atoms with Gasteiger partial charge in [-0.3, -0.25) is 4.79 Å². The number of ether oxygens (including phenoxy) is 1. The number of halogens is 3. The fourth-order valence-corrected chi connectivity index (χ4v) is 4.10. The van der Waals surface area contributed by atoms with Crippen molar-refractivity contribution < 1.29 is 36.7 Å². The highest BCUT2D eigenvalue weighted by Gasteiger charge is 2.41. The number of alkyl halides is 3. The molecule has 0 aliphatic heterocycles. The van der Waals surface area contributed by atoms with Crippen molar-refractivity contribution in [2.24, 2.45) is 5.41 Å². The third-order valence-corrected chi connectivity index (χ3v) is 10.5. The molecule has 0 aliphatic carbocycles. The molecule has 0 spiro atoms. The van der Waals surface area contributed by atoms with E-state index in [2.05, 4.69) is 20.8 Å². The van der Waals surface area contributed by atoms with Gasteiger partial charge in [0.2, 0.25) is 0 Å². The third-order valence-electron chi connectivity index (χ3n) is 6.06. The molecule has 0 amide bonds. The average Bonchev–Trinajstić information content (AvgIpc) is 3.17. The highest BCUT2D eigenvalue weighted by Crippen LogP contribution is 2.43. The minimum Gasteiger partial charge on any atom is -0.466 e. The van der Waals surface area contributed by atoms with E-state index in [0.29, 0.717) is 11.1 Å². The molecule has 2 atom stereocenters. The van der Waals surface area contributed by atoms with Crippen molar-refractivity contribution in [2.75, 3.05) is 6.61 Å². The highest BCUT2D eigenvalue weighted by molar-refractivity contribution is 6.74. The molecule has 1 aromatic heterocycles. The Labute approximate surface area is 200 Å². The standard InChI is InChI=1S/C25H35F3O5Si/c1-23(2,3)22(30)32-15-19(29)21-18(13-14-31-21)20(33-34(7,8)24(4,5)6)16-9-11-17(12-10-16)25(26,27)28/h9-14,19-20,29H,15H2,1-8H3/t19-,20-/m1/s1. The second kappa shape index (κ2) is 9.87. The van der Waals surface area contributed by atoms with E-state index in [1.807, 2.05) is 13.1 Å². The van der Waals surface area contributed by atoms with Gasteiger partial charge in [0.05, 0.1) is 23.3 Å². The number of esters is 1. The van der Waals surface area contributed by atoms with Crippen molar-refractivity contribution in [3.8, 4) is 0 Å². The molecule has 0 unspecified atom stereocenters. The lowest BCUT2D eigenvalue weighted by Gasteiger charge is -2.39. The topological polar surface area (TPSA) is 68.9 Å². The predicted octanol–water partition coefficient (Wildman–Crippen LogP) is 7.03. The number of carbonyl (C=O) groups is 1. The van der Waals surface area contributed by atoms with Gasteiger partial charge < -0.3 is 18.7 Å². The molecule has 34 heavy (non-hydrogen) atoms. The molecule has 0 aliphatic rings. The van der Waals surface area contributed by atoms with Gasteiger partial charge in [-0.1, -0.05) is 32.9 Å². The van der Waals surface area contributed by atoms with Gasteiger partial charge in [0, 0.05) is 5.56 Å². The molecule has 9 heteroatoms. The van der Waals surface area contributed by atoms with E-state index in [4.69, 9.17) is 13.6 Å². The van der Waals surface area contributed by atoms with Crippen LogP contribution in [0.15, 0.2) is 41.0 Å². The van der Waals surface area contributed by atoms with Crippen molar-refractivity contribution in [3.05, 3.63) is 59.0 Å². The predicted molar refractivity (Wildman–Crippen MR) is 126 cm³/mol. The van der Waals surface area contributed by atoms with Crippen molar-refractivity contribution in [3.63, 3.8) is 0 Å². The number of hydrogen-bond acceptors (Lipinski definition) is 5. The van der Waals surface area contributed by atoms with Gasteiger partial charge in [0.1, 0.15) is 18.5 Å². The van der Waals surface area contributed by atoms with E-state index in [-0.39, 0.29) is 17.4 Å². The van der Waals surface area contributed by atoms with Gasteiger partial charge in [-0.05, 0) is 62.7 Å². The molecule has 2 aromatic rings. The van der Waals surface area contributed by atoms with Gasteiger partial charge in [-0.15, -0.1) is 0 Å². The number of benzene rings is 1. The van der Waals surface area contributed by atoms with Crippen LogP contribution in [-0.2, 0) is 20.1 Å². The Morgan fingerprint density at radius 1 is 1.03 bits per heavy atom. The molecule has 1 heterocycles. The summed E-state index contributed by atoms with van der Waals surface area (Å²) in [5.74, 6) is -0.332. The normalized spacial score (nSPS) is 15.2. The van der Waals surface area contributed by atoms with E-state index < -0.39 is 43.6 Å². The van der Waals surface area contributed by atoms with Crippen molar-refractivity contribution in [1.29, 1.82) is 0 Å². The van der Waals surface area contributed by atoms with E-state index in [1.54, 1.807) is 26.8 Å². The molecule has 0 saturated carbocycles. The number of aliphatic hydroxyl groups is 1. The van der Waals surface area contributed by atoms with Crippen molar-refractivity contribution in [2.45, 2.75) is 78.1 Å². The molecule has 0 fully saturated rings. The maximum absolute atomic E-state index is 13.1. The molecule has 2 rings (SSSR count). The van der Waals surface area contributed by atoms with Crippen LogP contribution >= 0.6 is 0 Å². The first kappa shape index (κ1) is 28.1. The van der Waals surface area contributed by atoms with Gasteiger partial charge in [-0.2, -0.15) is 13.2 Å². The lowest BCUT2D eigenvalue weighted by molar-refractivity contribution is -0.156. The largest absolute Gasteiger partial charge is 0.466 e. The zero-order chi connectivity index (χ0) is 26.1. The third kappa shape index (κ3) is 6.73. The maximum Gasteiger partial charge on any atom is 0.416 e. The first-order valence-electron chi connectivity index (χ1n) is 11.1. The van der Waals surface area contributed by atoms with Crippen molar-refractivity contribution >= 4 is 14.3 Å². The summed E-state index contributed by atoms with van der Waals surface area (Å²) in [5, 5.41) is 10.6. The van der Waals surface area contributed by atoms with Crippen LogP contribution in [0.5, 0.6) is 0 Å². The Morgan fingerprint density at radius 2 is 1.59 bits per heavy atom. The molecule has 1 aromatic carbocycles. The quantitative estimate of drug-likeness (QED) is 0.326. The zero-order valence-electron chi connectivity index (χ0n) is 21.0. The first-order valence-corrected chi connectivity index (χ1v) is 14.0. The number of hydrogen-bond donors (Lipinski definition) is 1. The Bertz CT molecular complexity index is 966. The molecule has 1 N–H and O–H groups in total. The second-order valence-corrected chi connectivity index (χ2v) is 15.7. The maximum atomic E-state index is 13.1. The van der Waals surface area contributed by atoms with E-state index in [1.165, 1.54) is 18.4 Å². The lowest BCUT2D eigenvalue weighted by atomic mass is 9.97. The van der Waals surface area contributed by atoms with Gasteiger partial charge in [-0.25, -0.2) is 0 Å². The van der Waals surface area contributed by atoms with Gasteiger partial charge >= 0.3 is 12.1 Å². The first-order chi connectivity index (χ1) is 15.3. The Morgan fingerprint density at radius 3 is 2.06 bits per heavy atom. The lowest BCUT2D eigenvalue weighted by Crippen LogP contribution is -2.42. The summed E-state index contributed by atoms with van der Waals surface area (Å²) < 4.78 is 56.7. The van der Waals surface area contributed by atoms with Crippen LogP contribution in [-0.4, -0.2) is 26.0 Å². The molecular formula is C25H35F3O5Si. The minimum absolute atomic E-state index is 0.144. The average molecular weight is 501 g/mol. The Kier molecular flexibility index (Phi) is 8.17. The molecule has 5 nitrogen and oxygen atoms in total. The van der Waals surface area contributed by atoms with Crippen LogP contribution in [0.3, 0.4) is 0 Å². The van der Waals surface area contributed by atoms with Gasteiger partial charge in [0.25, 0.3) is 0 Å². The fraction of sp³-hybridized carbons (Fsp3) is 0.560. The number of aliphatic hydroxyl groups excluding tert-OH is 1. The van der Waals surface area contributed by atoms with Crippen LogP contribution in [0, 0.1) is 5.41 Å². The van der Waals surface area contributed by atoms with Crippen molar-refractivity contribution in [1.82, 2.24) is 0 Å². The van der Waals surface area contributed by atoms with E-state index >= 15 is 0 Å². The SMILES string of the molecule is CC(C)(C)C(=O)OC[C@@H](O)c1occc1[C@H](O[Si](C)(C)C(C)(C)C)c1ccc(C(F)(F)F)cc1. The summed E-state index contributed by atoms with van der Waals surface area (Å²) in [5.41, 5.74) is -0.521. The van der Waals surface area contributed by atoms with Crippen LogP contribution in [0.4, 0.5) is 13.2 Å².